The molecule has 0 spiro atoms. The van der Waals surface area contributed by atoms with E-state index in [1.54, 1.807) is 0 Å². The van der Waals surface area contributed by atoms with E-state index in [-0.39, 0.29) is 11.8 Å². The molecule has 0 unspecified atom stereocenters. The van der Waals surface area contributed by atoms with E-state index >= 15 is 0 Å². The summed E-state index contributed by atoms with van der Waals surface area (Å²) < 4.78 is 0. The number of oxime groups is 1. The maximum Gasteiger partial charge on any atom is 0.226 e. The molecule has 3 aliphatic rings. The summed E-state index contributed by atoms with van der Waals surface area (Å²) in [5.74, 6) is 0.364. The average molecular weight is 395 g/mol. The second-order valence-corrected chi connectivity index (χ2v) is 8.63. The van der Waals surface area contributed by atoms with Gasteiger partial charge in [-0.15, -0.1) is 0 Å². The highest BCUT2D eigenvalue weighted by atomic mass is 16.7. The lowest BCUT2D eigenvalue weighted by Gasteiger charge is -2.42. The smallest absolute Gasteiger partial charge is 0.226 e. The van der Waals surface area contributed by atoms with Crippen molar-refractivity contribution in [3.8, 4) is 0 Å². The van der Waals surface area contributed by atoms with Crippen molar-refractivity contribution in [2.24, 2.45) is 11.1 Å². The third kappa shape index (κ3) is 2.51. The molecule has 3 heteroatoms. The third-order valence-electron chi connectivity index (χ3n) is 7.07. The van der Waals surface area contributed by atoms with Crippen LogP contribution in [0.2, 0.25) is 0 Å². The topological polar surface area (TPSA) is 24.8 Å². The molecule has 0 amide bonds. The molecule has 3 aromatic rings. The van der Waals surface area contributed by atoms with Crippen LogP contribution in [0.25, 0.3) is 0 Å². The van der Waals surface area contributed by atoms with Gasteiger partial charge in [-0.3, -0.25) is 4.90 Å². The standard InChI is InChI=1S/C27H26N2O/c1-4-12-20(13-5-1)24-22-16-8-9-17-23(22)27(29-18-10-3-11-19-29)25(24)26(28-30-27)21-14-6-2-7-15-21/h1-2,4-9,12-17,24-25H,3,10-11,18-19H2/t24-,25-,27-/m0/s1. The second-order valence-electron chi connectivity index (χ2n) is 8.63. The van der Waals surface area contributed by atoms with Gasteiger partial charge in [-0.05, 0) is 29.5 Å². The molecular weight excluding hydrogens is 368 g/mol. The van der Waals surface area contributed by atoms with E-state index in [4.69, 9.17) is 9.99 Å². The zero-order chi connectivity index (χ0) is 20.0. The lowest BCUT2D eigenvalue weighted by molar-refractivity contribution is -0.169. The minimum absolute atomic E-state index is 0.137. The Labute approximate surface area is 178 Å². The van der Waals surface area contributed by atoms with Gasteiger partial charge in [0.2, 0.25) is 5.72 Å². The summed E-state index contributed by atoms with van der Waals surface area (Å²) in [6.07, 6.45) is 3.74. The van der Waals surface area contributed by atoms with Gasteiger partial charge in [0, 0.05) is 24.6 Å². The first kappa shape index (κ1) is 17.9. The van der Waals surface area contributed by atoms with Gasteiger partial charge in [0.05, 0.1) is 11.6 Å². The SMILES string of the molecule is c1ccc(C2=NO[C@@]3(N4CCCCC4)c4ccccc4[C@H](c4ccccc4)[C@@H]23)cc1. The van der Waals surface area contributed by atoms with E-state index in [1.807, 2.05) is 0 Å². The highest BCUT2D eigenvalue weighted by Gasteiger charge is 2.63. The van der Waals surface area contributed by atoms with Crippen molar-refractivity contribution in [1.29, 1.82) is 0 Å². The number of hydrogen-bond acceptors (Lipinski definition) is 3. The van der Waals surface area contributed by atoms with Crippen LogP contribution in [-0.2, 0) is 10.6 Å². The van der Waals surface area contributed by atoms with Crippen LogP contribution in [0.5, 0.6) is 0 Å². The summed E-state index contributed by atoms with van der Waals surface area (Å²) in [6, 6.07) is 30.4. The third-order valence-corrected chi connectivity index (χ3v) is 7.07. The maximum absolute atomic E-state index is 6.56. The summed E-state index contributed by atoms with van der Waals surface area (Å²) >= 11 is 0. The number of likely N-dealkylation sites (tertiary alicyclic amines) is 1. The Morgan fingerprint density at radius 2 is 1.43 bits per heavy atom. The van der Waals surface area contributed by atoms with Gasteiger partial charge < -0.3 is 4.84 Å². The van der Waals surface area contributed by atoms with Gasteiger partial charge in [0.1, 0.15) is 0 Å². The molecule has 1 saturated heterocycles. The van der Waals surface area contributed by atoms with E-state index in [2.05, 4.69) is 89.8 Å². The van der Waals surface area contributed by atoms with Crippen LogP contribution in [0.4, 0.5) is 0 Å². The molecule has 0 radical (unpaired) electrons. The van der Waals surface area contributed by atoms with Crippen molar-refractivity contribution in [2.45, 2.75) is 30.9 Å². The molecule has 3 nitrogen and oxygen atoms in total. The first-order valence-electron chi connectivity index (χ1n) is 11.1. The monoisotopic (exact) mass is 394 g/mol. The highest BCUT2D eigenvalue weighted by molar-refractivity contribution is 6.05. The summed E-state index contributed by atoms with van der Waals surface area (Å²) in [5.41, 5.74) is 5.73. The second kappa shape index (κ2) is 7.10. The fourth-order valence-electron chi connectivity index (χ4n) is 5.82. The van der Waals surface area contributed by atoms with E-state index in [0.717, 1.165) is 24.4 Å². The average Bonchev–Trinajstić information content (AvgIpc) is 3.35. The number of fused-ring (bicyclic) bond motifs is 3. The Morgan fingerprint density at radius 1 is 0.767 bits per heavy atom. The van der Waals surface area contributed by atoms with Gasteiger partial charge in [-0.2, -0.15) is 0 Å². The number of hydrogen-bond donors (Lipinski definition) is 0. The Morgan fingerprint density at radius 3 is 2.20 bits per heavy atom. The van der Waals surface area contributed by atoms with Crippen molar-refractivity contribution in [1.82, 2.24) is 4.90 Å². The lowest BCUT2D eigenvalue weighted by atomic mass is 9.78. The van der Waals surface area contributed by atoms with Crippen LogP contribution in [0.1, 0.15) is 47.4 Å². The van der Waals surface area contributed by atoms with Crippen molar-refractivity contribution in [3.05, 3.63) is 107 Å². The fourth-order valence-corrected chi connectivity index (χ4v) is 5.82. The Kier molecular flexibility index (Phi) is 4.24. The van der Waals surface area contributed by atoms with Crippen molar-refractivity contribution in [2.75, 3.05) is 13.1 Å². The number of benzene rings is 3. The van der Waals surface area contributed by atoms with E-state index in [9.17, 15) is 0 Å². The zero-order valence-corrected chi connectivity index (χ0v) is 17.1. The van der Waals surface area contributed by atoms with Crippen LogP contribution in [0.15, 0.2) is 90.1 Å². The van der Waals surface area contributed by atoms with Gasteiger partial charge in [-0.1, -0.05) is 96.5 Å². The molecule has 6 rings (SSSR count). The molecule has 1 fully saturated rings. The molecule has 2 heterocycles. The largest absolute Gasteiger partial charge is 0.367 e. The van der Waals surface area contributed by atoms with E-state index in [0.29, 0.717) is 0 Å². The Hall–Kier alpha value is -2.91. The highest BCUT2D eigenvalue weighted by Crippen LogP contribution is 2.59. The molecule has 0 aromatic heterocycles. The number of piperidine rings is 1. The van der Waals surface area contributed by atoms with Crippen LogP contribution < -0.4 is 0 Å². The number of nitrogens with zero attached hydrogens (tertiary/aromatic N) is 2. The predicted octanol–water partition coefficient (Wildman–Crippen LogP) is 5.52. The fraction of sp³-hybridized carbons (Fsp3) is 0.296. The lowest BCUT2D eigenvalue weighted by Crippen LogP contribution is -2.52. The summed E-state index contributed by atoms with van der Waals surface area (Å²) in [5, 5.41) is 4.79. The van der Waals surface area contributed by atoms with Crippen LogP contribution in [-0.4, -0.2) is 23.7 Å². The molecule has 30 heavy (non-hydrogen) atoms. The molecule has 150 valence electrons. The minimum Gasteiger partial charge on any atom is -0.367 e. The first-order chi connectivity index (χ1) is 14.9. The molecule has 0 N–H and O–H groups in total. The molecule has 0 bridgehead atoms. The van der Waals surface area contributed by atoms with Crippen LogP contribution in [0, 0.1) is 5.92 Å². The van der Waals surface area contributed by atoms with Crippen molar-refractivity contribution < 1.29 is 4.84 Å². The zero-order valence-electron chi connectivity index (χ0n) is 17.1. The van der Waals surface area contributed by atoms with Crippen molar-refractivity contribution in [3.63, 3.8) is 0 Å². The summed E-state index contributed by atoms with van der Waals surface area (Å²) in [6.45, 7) is 2.12. The summed E-state index contributed by atoms with van der Waals surface area (Å²) in [4.78, 5) is 9.13. The molecule has 0 saturated carbocycles. The Bertz CT molecular complexity index is 1070. The number of rotatable bonds is 3. The quantitative estimate of drug-likeness (QED) is 0.584. The van der Waals surface area contributed by atoms with Crippen LogP contribution >= 0.6 is 0 Å². The first-order valence-corrected chi connectivity index (χ1v) is 11.1. The minimum atomic E-state index is -0.511. The van der Waals surface area contributed by atoms with Crippen molar-refractivity contribution >= 4 is 5.71 Å². The molecule has 3 aromatic carbocycles. The molecule has 2 aliphatic heterocycles. The van der Waals surface area contributed by atoms with Gasteiger partial charge in [0.25, 0.3) is 0 Å². The van der Waals surface area contributed by atoms with Gasteiger partial charge in [0.15, 0.2) is 0 Å². The maximum atomic E-state index is 6.56. The molecular formula is C27H26N2O. The molecule has 3 atom stereocenters. The van der Waals surface area contributed by atoms with E-state index in [1.165, 1.54) is 36.0 Å². The normalized spacial score (nSPS) is 27.8. The van der Waals surface area contributed by atoms with Crippen LogP contribution in [0.3, 0.4) is 0 Å². The summed E-state index contributed by atoms with van der Waals surface area (Å²) in [7, 11) is 0. The molecule has 1 aliphatic carbocycles. The van der Waals surface area contributed by atoms with Gasteiger partial charge >= 0.3 is 0 Å². The van der Waals surface area contributed by atoms with Gasteiger partial charge in [-0.25, -0.2) is 0 Å². The van der Waals surface area contributed by atoms with E-state index < -0.39 is 5.72 Å². The predicted molar refractivity (Wildman–Crippen MR) is 119 cm³/mol. The Balaban J connectivity index is 1.58.